The molecule has 0 aliphatic rings. The fourth-order valence-corrected chi connectivity index (χ4v) is 1.48. The van der Waals surface area contributed by atoms with Gasteiger partial charge in [0, 0.05) is 11.6 Å². The minimum atomic E-state index is 0.266. The Balaban J connectivity index is 3.39. The Kier molecular flexibility index (Phi) is 7.20. The van der Waals surface area contributed by atoms with Crippen LogP contribution < -0.4 is 5.32 Å². The van der Waals surface area contributed by atoms with Crippen molar-refractivity contribution >= 4 is 0 Å². The maximum atomic E-state index is 3.52. The van der Waals surface area contributed by atoms with Crippen molar-refractivity contribution in [1.82, 2.24) is 10.2 Å². The van der Waals surface area contributed by atoms with Crippen LogP contribution in [0.2, 0.25) is 0 Å². The predicted octanol–water partition coefficient (Wildman–Crippen LogP) is 2.89. The van der Waals surface area contributed by atoms with Crippen molar-refractivity contribution in [1.29, 1.82) is 0 Å². The Morgan fingerprint density at radius 1 is 1.20 bits per heavy atom. The second-order valence-corrected chi connectivity index (χ2v) is 5.62. The van der Waals surface area contributed by atoms with Gasteiger partial charge in [-0.2, -0.15) is 0 Å². The topological polar surface area (TPSA) is 15.3 Å². The molecule has 0 rings (SSSR count). The molecule has 0 aliphatic carbocycles. The van der Waals surface area contributed by atoms with E-state index in [-0.39, 0.29) is 5.54 Å². The highest BCUT2D eigenvalue weighted by atomic mass is 15.1. The largest absolute Gasteiger partial charge is 0.312 e. The average Bonchev–Trinajstić information content (AvgIpc) is 2.14. The molecule has 1 unspecified atom stereocenters. The van der Waals surface area contributed by atoms with Gasteiger partial charge in [0.25, 0.3) is 0 Å². The van der Waals surface area contributed by atoms with E-state index in [0.717, 1.165) is 12.6 Å². The van der Waals surface area contributed by atoms with Crippen molar-refractivity contribution in [3.05, 3.63) is 0 Å². The van der Waals surface area contributed by atoms with Crippen LogP contribution >= 0.6 is 0 Å². The van der Waals surface area contributed by atoms with Crippen LogP contribution in [-0.4, -0.2) is 36.6 Å². The monoisotopic (exact) mass is 214 g/mol. The molecule has 0 saturated carbocycles. The standard InChI is InChI=1S/C13H30N2/c1-7-12(2)15(6)11-9-8-10-14-13(3,4)5/h12,14H,7-11H2,1-6H3. The third-order valence-corrected chi connectivity index (χ3v) is 2.94. The SMILES string of the molecule is CCC(C)N(C)CCCCNC(C)(C)C. The molecule has 0 saturated heterocycles. The Morgan fingerprint density at radius 2 is 1.80 bits per heavy atom. The highest BCUT2D eigenvalue weighted by Gasteiger charge is 2.08. The maximum absolute atomic E-state index is 3.52. The van der Waals surface area contributed by atoms with Crippen molar-refractivity contribution in [2.75, 3.05) is 20.1 Å². The first-order valence-corrected chi connectivity index (χ1v) is 6.32. The van der Waals surface area contributed by atoms with Crippen molar-refractivity contribution in [2.45, 2.75) is 65.5 Å². The summed E-state index contributed by atoms with van der Waals surface area (Å²) in [6, 6.07) is 0.723. The van der Waals surface area contributed by atoms with Crippen LogP contribution in [0.3, 0.4) is 0 Å². The van der Waals surface area contributed by atoms with E-state index in [1.165, 1.54) is 25.8 Å². The second-order valence-electron chi connectivity index (χ2n) is 5.62. The average molecular weight is 214 g/mol. The molecule has 0 aromatic heterocycles. The van der Waals surface area contributed by atoms with E-state index in [9.17, 15) is 0 Å². The number of hydrogen-bond acceptors (Lipinski definition) is 2. The molecule has 1 atom stereocenters. The molecule has 0 spiro atoms. The lowest BCUT2D eigenvalue weighted by atomic mass is 10.1. The van der Waals surface area contributed by atoms with Gasteiger partial charge in [-0.05, 0) is 67.1 Å². The summed E-state index contributed by atoms with van der Waals surface area (Å²) in [7, 11) is 2.23. The molecule has 2 heteroatoms. The van der Waals surface area contributed by atoms with Crippen LogP contribution in [0.25, 0.3) is 0 Å². The van der Waals surface area contributed by atoms with Gasteiger partial charge >= 0.3 is 0 Å². The van der Waals surface area contributed by atoms with Crippen LogP contribution in [0.1, 0.15) is 53.9 Å². The molecule has 0 amide bonds. The Bertz CT molecular complexity index is 149. The molecule has 0 aromatic rings. The van der Waals surface area contributed by atoms with Gasteiger partial charge in [-0.15, -0.1) is 0 Å². The predicted molar refractivity (Wildman–Crippen MR) is 69.4 cm³/mol. The van der Waals surface area contributed by atoms with Crippen LogP contribution in [0, 0.1) is 0 Å². The van der Waals surface area contributed by atoms with Gasteiger partial charge in [0.05, 0.1) is 0 Å². The lowest BCUT2D eigenvalue weighted by Gasteiger charge is -2.24. The summed E-state index contributed by atoms with van der Waals surface area (Å²) < 4.78 is 0. The molecule has 2 nitrogen and oxygen atoms in total. The molecule has 0 aliphatic heterocycles. The lowest BCUT2D eigenvalue weighted by molar-refractivity contribution is 0.245. The number of hydrogen-bond donors (Lipinski definition) is 1. The summed E-state index contributed by atoms with van der Waals surface area (Å²) >= 11 is 0. The fourth-order valence-electron chi connectivity index (χ4n) is 1.48. The van der Waals surface area contributed by atoms with Gasteiger partial charge in [-0.25, -0.2) is 0 Å². The normalized spacial score (nSPS) is 14.6. The van der Waals surface area contributed by atoms with Gasteiger partial charge in [0.1, 0.15) is 0 Å². The molecule has 0 fully saturated rings. The van der Waals surface area contributed by atoms with Crippen LogP contribution in [0.15, 0.2) is 0 Å². The fraction of sp³-hybridized carbons (Fsp3) is 1.00. The maximum Gasteiger partial charge on any atom is 0.00965 e. The molecule has 0 heterocycles. The zero-order valence-electron chi connectivity index (χ0n) is 11.6. The van der Waals surface area contributed by atoms with Gasteiger partial charge in [-0.3, -0.25) is 0 Å². The van der Waals surface area contributed by atoms with Crippen LogP contribution in [-0.2, 0) is 0 Å². The first kappa shape index (κ1) is 14.9. The summed E-state index contributed by atoms with van der Waals surface area (Å²) in [4.78, 5) is 2.46. The number of unbranched alkanes of at least 4 members (excludes halogenated alkanes) is 1. The quantitative estimate of drug-likeness (QED) is 0.656. The minimum absolute atomic E-state index is 0.266. The van der Waals surface area contributed by atoms with Crippen molar-refractivity contribution in [3.8, 4) is 0 Å². The van der Waals surface area contributed by atoms with Gasteiger partial charge in [0.15, 0.2) is 0 Å². The molecular weight excluding hydrogens is 184 g/mol. The lowest BCUT2D eigenvalue weighted by Crippen LogP contribution is -2.36. The van der Waals surface area contributed by atoms with E-state index in [0.29, 0.717) is 0 Å². The highest BCUT2D eigenvalue weighted by molar-refractivity contribution is 4.70. The first-order chi connectivity index (χ1) is 6.87. The third-order valence-electron chi connectivity index (χ3n) is 2.94. The number of nitrogens with zero attached hydrogens (tertiary/aromatic N) is 1. The molecule has 1 N–H and O–H groups in total. The van der Waals surface area contributed by atoms with Crippen LogP contribution in [0.5, 0.6) is 0 Å². The highest BCUT2D eigenvalue weighted by Crippen LogP contribution is 2.03. The van der Waals surface area contributed by atoms with E-state index in [4.69, 9.17) is 0 Å². The summed E-state index contributed by atoms with van der Waals surface area (Å²) in [5, 5.41) is 3.52. The van der Waals surface area contributed by atoms with Crippen LogP contribution in [0.4, 0.5) is 0 Å². The molecule has 92 valence electrons. The number of rotatable bonds is 7. The summed E-state index contributed by atoms with van der Waals surface area (Å²) in [5.41, 5.74) is 0.266. The number of nitrogens with one attached hydrogen (secondary N) is 1. The van der Waals surface area contributed by atoms with Crippen molar-refractivity contribution in [2.24, 2.45) is 0 Å². The smallest absolute Gasteiger partial charge is 0.00965 e. The zero-order valence-corrected chi connectivity index (χ0v) is 11.6. The molecular formula is C13H30N2. The summed E-state index contributed by atoms with van der Waals surface area (Å²) in [6.45, 7) is 13.6. The second kappa shape index (κ2) is 7.24. The van der Waals surface area contributed by atoms with E-state index >= 15 is 0 Å². The van der Waals surface area contributed by atoms with E-state index in [2.05, 4.69) is 51.9 Å². The first-order valence-electron chi connectivity index (χ1n) is 6.32. The molecule has 0 bridgehead atoms. The van der Waals surface area contributed by atoms with Gasteiger partial charge in [-0.1, -0.05) is 6.92 Å². The minimum Gasteiger partial charge on any atom is -0.312 e. The Hall–Kier alpha value is -0.0800. The summed E-state index contributed by atoms with van der Waals surface area (Å²) in [5.74, 6) is 0. The molecule has 0 radical (unpaired) electrons. The molecule has 0 aromatic carbocycles. The third kappa shape index (κ3) is 8.88. The van der Waals surface area contributed by atoms with E-state index in [1.54, 1.807) is 0 Å². The van der Waals surface area contributed by atoms with Gasteiger partial charge < -0.3 is 10.2 Å². The Morgan fingerprint density at radius 3 is 2.27 bits per heavy atom. The van der Waals surface area contributed by atoms with E-state index in [1.807, 2.05) is 0 Å². The van der Waals surface area contributed by atoms with Crippen molar-refractivity contribution in [3.63, 3.8) is 0 Å². The summed E-state index contributed by atoms with van der Waals surface area (Å²) in [6.07, 6.45) is 3.82. The van der Waals surface area contributed by atoms with E-state index < -0.39 is 0 Å². The van der Waals surface area contributed by atoms with Crippen molar-refractivity contribution < 1.29 is 0 Å². The van der Waals surface area contributed by atoms with Gasteiger partial charge in [0.2, 0.25) is 0 Å². The zero-order chi connectivity index (χ0) is 11.9. The Labute approximate surface area is 96.4 Å². The molecule has 15 heavy (non-hydrogen) atoms.